The fourth-order valence-electron chi connectivity index (χ4n) is 6.37. The summed E-state index contributed by atoms with van der Waals surface area (Å²) in [7, 11) is 7.39. The van der Waals surface area contributed by atoms with E-state index in [1.165, 1.54) is 91.8 Å². The summed E-state index contributed by atoms with van der Waals surface area (Å²) < 4.78 is 8.51. The van der Waals surface area contributed by atoms with E-state index in [0.717, 1.165) is 0 Å². The van der Waals surface area contributed by atoms with Crippen LogP contribution >= 0.6 is 0 Å². The third-order valence-corrected chi connectivity index (χ3v) is 9.85. The van der Waals surface area contributed by atoms with Crippen molar-refractivity contribution in [3.63, 3.8) is 0 Å². The van der Waals surface area contributed by atoms with Gasteiger partial charge in [0.25, 0.3) is 0 Å². The lowest BCUT2D eigenvalue weighted by molar-refractivity contribution is -0.150. The average Bonchev–Trinajstić information content (AvgIpc) is 4.06. The molecular weight excluding hydrogens is 965 g/mol. The van der Waals surface area contributed by atoms with Crippen LogP contribution in [0.2, 0.25) is 0 Å². The van der Waals surface area contributed by atoms with Gasteiger partial charge in [0.1, 0.15) is 6.61 Å². The first kappa shape index (κ1) is 76.9. The van der Waals surface area contributed by atoms with Crippen molar-refractivity contribution >= 4 is 45.5 Å². The number of azide groups is 1. The van der Waals surface area contributed by atoms with Gasteiger partial charge in [-0.25, -0.2) is 14.4 Å². The first-order chi connectivity index (χ1) is 37.8. The predicted molar refractivity (Wildman–Crippen MR) is 341 cm³/mol. The van der Waals surface area contributed by atoms with E-state index in [-0.39, 0.29) is 5.97 Å². The molecule has 2 aliphatic heterocycles. The van der Waals surface area contributed by atoms with Gasteiger partial charge in [-0.2, -0.15) is 0 Å². The number of nitrogens with zero attached hydrogens (tertiary/aromatic N) is 4. The second-order valence-corrected chi connectivity index (χ2v) is 15.8. The number of rotatable bonds is 1. The van der Waals surface area contributed by atoms with Gasteiger partial charge in [-0.1, -0.05) is 227 Å². The summed E-state index contributed by atoms with van der Waals surface area (Å²) in [5, 5.41) is 8.53. The predicted octanol–water partition coefficient (Wildman–Crippen LogP) is 18.7. The molecule has 0 amide bonds. The smallest absolute Gasteiger partial charge is 0.341 e. The van der Waals surface area contributed by atoms with Crippen LogP contribution in [0.3, 0.4) is 0 Å². The quantitative estimate of drug-likeness (QED) is 0.0404. The lowest BCUT2D eigenvalue weighted by Gasteiger charge is -2.20. The Hall–Kier alpha value is -7.58. The van der Waals surface area contributed by atoms with Gasteiger partial charge in [-0.05, 0) is 153 Å². The molecule has 0 aromatic heterocycles. The number of cyclic esters (lactones) is 3. The average molecular weight is 1060 g/mol. The second-order valence-electron chi connectivity index (χ2n) is 15.8. The third-order valence-electron chi connectivity index (χ3n) is 9.85. The standard InChI is InChI=1S/2C12H10.2C8H8.C5H4O3.C4H4O2.C3H9N.2C3H6.5C2H6.CH3N3/c1-2-4-10-8-12-6-5-11(12)7-9(10)3-1;1-2-4-11-9(3-1)5-6-10-7-8-12(10)11;1-2-4-8-6-5-7(8)3-1;1-2-8-6-4-3-5-7-8;1-3-2-4(6)8-5(3)7;5-4-2-1-3-6-4;1-4(2)3;2*1-3-2;5*1-2;1-3-4-2/h1-4,7-8H,5-6H2;1-6H,7-8H2;1-4H,5-6H2;2-7H,1H2;2H,1H3;1-2H,3H2;1-3H3;2*3H,1H2,2H3;5*1-2H3;1H3. The Labute approximate surface area is 473 Å². The van der Waals surface area contributed by atoms with Gasteiger partial charge >= 0.3 is 17.9 Å². The van der Waals surface area contributed by atoms with Crippen LogP contribution in [0, 0.1) is 0 Å². The molecule has 0 unspecified atom stereocenters. The maximum absolute atomic E-state index is 10.3. The number of hydrogen-bond acceptors (Lipinski definition) is 7. The van der Waals surface area contributed by atoms with Gasteiger partial charge in [0.2, 0.25) is 0 Å². The molecule has 0 atom stereocenters. The van der Waals surface area contributed by atoms with Crippen LogP contribution in [0.5, 0.6) is 0 Å². The molecular formula is C69H98N4O5. The lowest BCUT2D eigenvalue weighted by atomic mass is 9.84. The zero-order valence-corrected chi connectivity index (χ0v) is 51.0. The van der Waals surface area contributed by atoms with E-state index in [1.54, 1.807) is 51.6 Å². The van der Waals surface area contributed by atoms with E-state index in [9.17, 15) is 14.4 Å². The molecule has 0 bridgehead atoms. The summed E-state index contributed by atoms with van der Waals surface area (Å²) in [5.41, 5.74) is 18.2. The van der Waals surface area contributed by atoms with Crippen molar-refractivity contribution in [1.82, 2.24) is 4.90 Å². The Morgan fingerprint density at radius 2 is 0.949 bits per heavy atom. The highest BCUT2D eigenvalue weighted by molar-refractivity contribution is 6.08. The topological polar surface area (TPSA) is 122 Å². The Bertz CT molecular complexity index is 2580. The number of esters is 3. The van der Waals surface area contributed by atoms with Crippen molar-refractivity contribution in [3.8, 4) is 0 Å². The van der Waals surface area contributed by atoms with Crippen molar-refractivity contribution in [1.29, 1.82) is 0 Å². The van der Waals surface area contributed by atoms with Crippen LogP contribution in [0.15, 0.2) is 188 Å². The number of carbonyl (C=O) groups excluding carboxylic acids is 3. The highest BCUT2D eigenvalue weighted by atomic mass is 16.6. The van der Waals surface area contributed by atoms with E-state index in [2.05, 4.69) is 136 Å². The minimum atomic E-state index is -0.562. The van der Waals surface area contributed by atoms with Gasteiger partial charge in [0.05, 0.1) is 0 Å². The molecule has 9 heteroatoms. The van der Waals surface area contributed by atoms with E-state index in [0.29, 0.717) is 12.2 Å². The van der Waals surface area contributed by atoms with E-state index >= 15 is 0 Å². The SMILES string of the molecule is C=CC.C=CC.C=Cc1ccccc1.CC.CC.CC.CC.CC.CC1=CC(=O)OC1=O.CN(C)C.CN=[N+]=[N-].O=C1C=CCO1.c1ccc2c(c1)CC2.c1ccc2c3c(ccc2c1)CC3.c1ccc2cc3c(cc2c1)CC3. The summed E-state index contributed by atoms with van der Waals surface area (Å²) in [6.45, 7) is 36.1. The molecule has 424 valence electrons. The molecule has 9 nitrogen and oxygen atoms in total. The Morgan fingerprint density at radius 1 is 0.551 bits per heavy atom. The molecule has 0 spiro atoms. The summed E-state index contributed by atoms with van der Waals surface area (Å²) >= 11 is 0. The Kier molecular flexibility index (Phi) is 52.1. The van der Waals surface area contributed by atoms with Crippen LogP contribution in [0.4, 0.5) is 0 Å². The normalized spacial score (nSPS) is 11.4. The number of fused-ring (bicyclic) bond motifs is 6. The first-order valence-electron chi connectivity index (χ1n) is 27.6. The van der Waals surface area contributed by atoms with E-state index < -0.39 is 11.9 Å². The van der Waals surface area contributed by atoms with Gasteiger partial charge in [-0.15, -0.1) is 13.2 Å². The number of carbonyl (C=O) groups is 3. The summed E-state index contributed by atoms with van der Waals surface area (Å²) in [6.07, 6.45) is 17.3. The zero-order chi connectivity index (χ0) is 60.1. The van der Waals surface area contributed by atoms with E-state index in [4.69, 9.17) is 5.53 Å². The minimum absolute atomic E-state index is 0.227. The molecule has 5 aliphatic rings. The van der Waals surface area contributed by atoms with Crippen molar-refractivity contribution in [2.24, 2.45) is 5.11 Å². The molecule has 2 heterocycles. The molecule has 11 rings (SSSR count). The molecule has 0 saturated heterocycles. The zero-order valence-electron chi connectivity index (χ0n) is 51.0. The fourth-order valence-corrected chi connectivity index (χ4v) is 6.37. The van der Waals surface area contributed by atoms with Crippen LogP contribution in [-0.2, 0) is 62.4 Å². The van der Waals surface area contributed by atoms with Crippen molar-refractivity contribution < 1.29 is 23.9 Å². The number of aryl methyl sites for hydroxylation is 6. The molecule has 78 heavy (non-hydrogen) atoms. The lowest BCUT2D eigenvalue weighted by Crippen LogP contribution is -2.07. The van der Waals surface area contributed by atoms with Crippen molar-refractivity contribution in [2.45, 2.75) is 129 Å². The van der Waals surface area contributed by atoms with Crippen molar-refractivity contribution in [3.05, 3.63) is 232 Å². The van der Waals surface area contributed by atoms with Crippen LogP contribution in [0.1, 0.15) is 129 Å². The Morgan fingerprint density at radius 3 is 1.22 bits per heavy atom. The maximum atomic E-state index is 10.3. The summed E-state index contributed by atoms with van der Waals surface area (Å²) in [4.78, 5) is 34.7. The number of hydrogen-bond donors (Lipinski definition) is 0. The van der Waals surface area contributed by atoms with Crippen LogP contribution < -0.4 is 0 Å². The molecule has 6 aromatic carbocycles. The highest BCUT2D eigenvalue weighted by Crippen LogP contribution is 2.31. The fraction of sp³-hybridized carbons (Fsp3) is 0.348. The maximum Gasteiger partial charge on any atom is 0.341 e. The van der Waals surface area contributed by atoms with Gasteiger partial charge in [-0.3, -0.25) is 0 Å². The van der Waals surface area contributed by atoms with Gasteiger partial charge in [0, 0.05) is 29.7 Å². The second kappa shape index (κ2) is 52.8. The van der Waals surface area contributed by atoms with Crippen molar-refractivity contribution in [2.75, 3.05) is 34.8 Å². The monoisotopic (exact) mass is 1060 g/mol. The number of allylic oxidation sites excluding steroid dienone is 2. The van der Waals surface area contributed by atoms with Crippen LogP contribution in [0.25, 0.3) is 38.1 Å². The molecule has 0 saturated carbocycles. The summed E-state index contributed by atoms with van der Waals surface area (Å²) in [6, 6.07) is 45.0. The van der Waals surface area contributed by atoms with E-state index in [1.807, 2.05) is 146 Å². The number of benzene rings is 6. The molecule has 0 fully saturated rings. The van der Waals surface area contributed by atoms with Gasteiger partial charge in [0.15, 0.2) is 0 Å². The molecule has 3 aliphatic carbocycles. The van der Waals surface area contributed by atoms with Crippen LogP contribution in [-0.4, -0.2) is 57.6 Å². The molecule has 6 aromatic rings. The summed E-state index contributed by atoms with van der Waals surface area (Å²) in [5.74, 6) is -1.32. The Balaban J connectivity index is -0.000000394. The third kappa shape index (κ3) is 34.2. The van der Waals surface area contributed by atoms with Gasteiger partial charge < -0.3 is 14.4 Å². The highest BCUT2D eigenvalue weighted by Gasteiger charge is 2.18. The first-order valence-corrected chi connectivity index (χ1v) is 27.6. The molecule has 0 radical (unpaired) electrons. The molecule has 0 N–H and O–H groups in total. The minimum Gasteiger partial charge on any atom is -0.458 e. The number of ether oxygens (including phenoxy) is 2. The largest absolute Gasteiger partial charge is 0.458 e.